The van der Waals surface area contributed by atoms with E-state index in [2.05, 4.69) is 18.7 Å². The van der Waals surface area contributed by atoms with Crippen LogP contribution in [0.5, 0.6) is 11.5 Å². The second kappa shape index (κ2) is 13.1. The van der Waals surface area contributed by atoms with Gasteiger partial charge in [-0.2, -0.15) is 0 Å². The number of phenolic OH excluding ortho intramolecular Hbond substituents is 2. The van der Waals surface area contributed by atoms with Crippen LogP contribution in [0.4, 0.5) is 0 Å². The minimum atomic E-state index is -0.00568. The lowest BCUT2D eigenvalue weighted by molar-refractivity contribution is 0.111. The van der Waals surface area contributed by atoms with Crippen molar-refractivity contribution in [2.24, 2.45) is 0 Å². The fraction of sp³-hybridized carbons (Fsp3) is 0.300. The number of benzene rings is 2. The van der Waals surface area contributed by atoms with Gasteiger partial charge in [0.1, 0.15) is 11.5 Å². The van der Waals surface area contributed by atoms with E-state index in [0.717, 1.165) is 30.8 Å². The predicted octanol–water partition coefficient (Wildman–Crippen LogP) is 4.41. The van der Waals surface area contributed by atoms with Gasteiger partial charge in [-0.1, -0.05) is 26.0 Å². The third-order valence-electron chi connectivity index (χ3n) is 3.89. The van der Waals surface area contributed by atoms with E-state index in [1.54, 1.807) is 24.3 Å². The summed E-state index contributed by atoms with van der Waals surface area (Å²) in [6.45, 7) is 6.98. The summed E-state index contributed by atoms with van der Waals surface area (Å²) in [5, 5.41) is 18.4. The molecule has 0 unspecified atom stereocenters. The zero-order valence-corrected chi connectivity index (χ0v) is 17.0. The average molecular weight is 414 g/mol. The number of halogens is 2. The van der Waals surface area contributed by atoms with Crippen LogP contribution in [0.25, 0.3) is 0 Å². The Kier molecular flexibility index (Phi) is 12.1. The first-order chi connectivity index (χ1) is 12.5. The summed E-state index contributed by atoms with van der Waals surface area (Å²) in [5.74, 6) is 0.392. The van der Waals surface area contributed by atoms with Crippen molar-refractivity contribution in [3.63, 3.8) is 0 Å². The standard InChI is InChI=1S/C12H17NO2.C8H7ClO2.ClH/c1-3-13(4-2)8-10-5-6-12(15)11(7-10)9-14;9-4-6-1-2-8(11)7(3-6)5-10;/h5-7,9,15H,3-4,8H2,1-2H3;1-3,5,11H,4H2;1H. The molecule has 0 amide bonds. The topological polar surface area (TPSA) is 77.8 Å². The van der Waals surface area contributed by atoms with Gasteiger partial charge in [0.15, 0.2) is 12.6 Å². The van der Waals surface area contributed by atoms with E-state index in [4.69, 9.17) is 16.7 Å². The number of rotatable bonds is 7. The smallest absolute Gasteiger partial charge is 0.153 e. The molecule has 7 heteroatoms. The van der Waals surface area contributed by atoms with Crippen LogP contribution in [-0.4, -0.2) is 40.8 Å². The van der Waals surface area contributed by atoms with Crippen LogP contribution in [0.15, 0.2) is 36.4 Å². The Balaban J connectivity index is 0.000000504. The zero-order chi connectivity index (χ0) is 19.5. The maximum absolute atomic E-state index is 10.6. The number of nitrogens with zero attached hydrogens (tertiary/aromatic N) is 1. The average Bonchev–Trinajstić information content (AvgIpc) is 2.68. The Hall–Kier alpha value is -2.08. The highest BCUT2D eigenvalue weighted by Gasteiger charge is 2.04. The number of phenols is 2. The molecule has 5 nitrogen and oxygen atoms in total. The molecule has 2 aromatic rings. The summed E-state index contributed by atoms with van der Waals surface area (Å²) in [6, 6.07) is 9.86. The number of aromatic hydroxyl groups is 2. The maximum Gasteiger partial charge on any atom is 0.153 e. The van der Waals surface area contributed by atoms with E-state index >= 15 is 0 Å². The van der Waals surface area contributed by atoms with E-state index in [0.29, 0.717) is 24.0 Å². The molecule has 0 heterocycles. The first-order valence-electron chi connectivity index (χ1n) is 8.31. The van der Waals surface area contributed by atoms with Crippen molar-refractivity contribution in [1.29, 1.82) is 0 Å². The summed E-state index contributed by atoms with van der Waals surface area (Å²) in [6.07, 6.45) is 1.28. The molecule has 148 valence electrons. The van der Waals surface area contributed by atoms with Crippen molar-refractivity contribution in [3.8, 4) is 11.5 Å². The molecule has 0 saturated carbocycles. The summed E-state index contributed by atoms with van der Waals surface area (Å²) in [4.78, 5) is 23.2. The maximum atomic E-state index is 10.6. The van der Waals surface area contributed by atoms with E-state index in [1.807, 2.05) is 6.07 Å². The fourth-order valence-electron chi connectivity index (χ4n) is 2.28. The van der Waals surface area contributed by atoms with Gasteiger partial charge in [-0.25, -0.2) is 0 Å². The molecule has 2 rings (SSSR count). The van der Waals surface area contributed by atoms with Crippen LogP contribution in [0.2, 0.25) is 0 Å². The van der Waals surface area contributed by atoms with Crippen molar-refractivity contribution in [2.45, 2.75) is 26.3 Å². The van der Waals surface area contributed by atoms with Gasteiger partial charge >= 0.3 is 0 Å². The normalized spacial score (nSPS) is 9.78. The van der Waals surface area contributed by atoms with Crippen molar-refractivity contribution >= 4 is 36.6 Å². The molecular weight excluding hydrogens is 389 g/mol. The summed E-state index contributed by atoms with van der Waals surface area (Å²) in [5.41, 5.74) is 2.52. The van der Waals surface area contributed by atoms with Gasteiger partial charge in [-0.3, -0.25) is 14.5 Å². The Labute approximate surface area is 171 Å². The van der Waals surface area contributed by atoms with Crippen molar-refractivity contribution in [3.05, 3.63) is 58.7 Å². The summed E-state index contributed by atoms with van der Waals surface area (Å²) >= 11 is 5.51. The predicted molar refractivity (Wildman–Crippen MR) is 110 cm³/mol. The minimum Gasteiger partial charge on any atom is -0.507 e. The molecule has 0 aliphatic carbocycles. The van der Waals surface area contributed by atoms with Gasteiger partial charge in [0.05, 0.1) is 11.1 Å². The first kappa shape index (κ1) is 24.9. The van der Waals surface area contributed by atoms with Crippen molar-refractivity contribution in [2.75, 3.05) is 13.1 Å². The summed E-state index contributed by atoms with van der Waals surface area (Å²) < 4.78 is 0. The van der Waals surface area contributed by atoms with E-state index in [-0.39, 0.29) is 29.5 Å². The highest BCUT2D eigenvalue weighted by molar-refractivity contribution is 6.17. The van der Waals surface area contributed by atoms with Crippen LogP contribution in [-0.2, 0) is 12.4 Å². The molecule has 0 saturated heterocycles. The molecule has 0 spiro atoms. The Bertz CT molecular complexity index is 734. The summed E-state index contributed by atoms with van der Waals surface area (Å²) in [7, 11) is 0. The molecule has 0 aliphatic rings. The molecule has 0 radical (unpaired) electrons. The lowest BCUT2D eigenvalue weighted by Crippen LogP contribution is -2.22. The van der Waals surface area contributed by atoms with Gasteiger partial charge in [-0.05, 0) is 48.5 Å². The number of carbonyl (C=O) groups is 2. The number of aldehydes is 2. The van der Waals surface area contributed by atoms with Crippen LogP contribution >= 0.6 is 24.0 Å². The molecule has 0 aliphatic heterocycles. The largest absolute Gasteiger partial charge is 0.507 e. The molecular formula is C20H25Cl2NO4. The lowest BCUT2D eigenvalue weighted by atomic mass is 10.1. The SMILES string of the molecule is CCN(CC)Cc1ccc(O)c(C=O)c1.Cl.O=Cc1cc(CCl)ccc1O. The first-order valence-corrected chi connectivity index (χ1v) is 8.84. The van der Waals surface area contributed by atoms with Crippen molar-refractivity contribution < 1.29 is 19.8 Å². The van der Waals surface area contributed by atoms with Crippen LogP contribution in [0.1, 0.15) is 45.7 Å². The van der Waals surface area contributed by atoms with E-state index in [9.17, 15) is 14.7 Å². The molecule has 0 bridgehead atoms. The number of hydrogen-bond donors (Lipinski definition) is 2. The van der Waals surface area contributed by atoms with Gasteiger partial charge in [0, 0.05) is 12.4 Å². The molecule has 0 atom stereocenters. The second-order valence-corrected chi connectivity index (χ2v) is 5.88. The monoisotopic (exact) mass is 413 g/mol. The fourth-order valence-corrected chi connectivity index (χ4v) is 2.45. The third kappa shape index (κ3) is 7.99. The molecule has 0 fully saturated rings. The van der Waals surface area contributed by atoms with Crippen LogP contribution in [0, 0.1) is 0 Å². The Morgan fingerprint density at radius 3 is 1.74 bits per heavy atom. The quantitative estimate of drug-likeness (QED) is 0.518. The lowest BCUT2D eigenvalue weighted by Gasteiger charge is -2.18. The highest BCUT2D eigenvalue weighted by atomic mass is 35.5. The van der Waals surface area contributed by atoms with Crippen LogP contribution in [0.3, 0.4) is 0 Å². The molecule has 2 N–H and O–H groups in total. The van der Waals surface area contributed by atoms with Crippen molar-refractivity contribution in [1.82, 2.24) is 4.90 Å². The Morgan fingerprint density at radius 1 is 0.889 bits per heavy atom. The number of alkyl halides is 1. The van der Waals surface area contributed by atoms with Gasteiger partial charge in [-0.15, -0.1) is 24.0 Å². The number of hydrogen-bond acceptors (Lipinski definition) is 5. The highest BCUT2D eigenvalue weighted by Crippen LogP contribution is 2.18. The van der Waals surface area contributed by atoms with Gasteiger partial charge in [0.25, 0.3) is 0 Å². The van der Waals surface area contributed by atoms with Crippen LogP contribution < -0.4 is 0 Å². The van der Waals surface area contributed by atoms with Gasteiger partial charge < -0.3 is 10.2 Å². The molecule has 0 aromatic heterocycles. The zero-order valence-electron chi connectivity index (χ0n) is 15.4. The minimum absolute atomic E-state index is 0. The van der Waals surface area contributed by atoms with Gasteiger partial charge in [0.2, 0.25) is 0 Å². The van der Waals surface area contributed by atoms with E-state index in [1.165, 1.54) is 6.07 Å². The Morgan fingerprint density at radius 2 is 1.33 bits per heavy atom. The number of carbonyl (C=O) groups excluding carboxylic acids is 2. The molecule has 2 aromatic carbocycles. The second-order valence-electron chi connectivity index (χ2n) is 5.62. The van der Waals surface area contributed by atoms with E-state index < -0.39 is 0 Å². The third-order valence-corrected chi connectivity index (χ3v) is 4.20. The molecule has 27 heavy (non-hydrogen) atoms.